The van der Waals surface area contributed by atoms with Crippen LogP contribution in [0.2, 0.25) is 0 Å². The first-order valence-corrected chi connectivity index (χ1v) is 6.92. The lowest BCUT2D eigenvalue weighted by atomic mass is 10.2. The minimum Gasteiger partial charge on any atom is -0.484 e. The molecule has 2 amide bonds. The first-order chi connectivity index (χ1) is 10.1. The van der Waals surface area contributed by atoms with Gasteiger partial charge in [-0.1, -0.05) is 0 Å². The molecule has 1 saturated heterocycles. The predicted molar refractivity (Wildman–Crippen MR) is 78.2 cm³/mol. The van der Waals surface area contributed by atoms with E-state index >= 15 is 0 Å². The van der Waals surface area contributed by atoms with Gasteiger partial charge < -0.3 is 19.7 Å². The lowest BCUT2D eigenvalue weighted by Crippen LogP contribution is -2.27. The van der Waals surface area contributed by atoms with Crippen LogP contribution < -0.4 is 10.1 Å². The van der Waals surface area contributed by atoms with Gasteiger partial charge in [0.25, 0.3) is 11.8 Å². The van der Waals surface area contributed by atoms with Crippen molar-refractivity contribution in [3.8, 4) is 5.75 Å². The summed E-state index contributed by atoms with van der Waals surface area (Å²) in [4.78, 5) is 24.7. The number of anilines is 1. The first kappa shape index (κ1) is 15.3. The summed E-state index contributed by atoms with van der Waals surface area (Å²) in [5, 5.41) is 2.80. The van der Waals surface area contributed by atoms with E-state index in [1.54, 1.807) is 38.4 Å². The highest BCUT2D eigenvalue weighted by atomic mass is 16.5. The molecule has 0 spiro atoms. The van der Waals surface area contributed by atoms with Gasteiger partial charge in [-0.3, -0.25) is 9.59 Å². The number of rotatable bonds is 5. The Balaban J connectivity index is 1.84. The van der Waals surface area contributed by atoms with E-state index in [0.717, 1.165) is 12.8 Å². The molecule has 0 radical (unpaired) electrons. The summed E-state index contributed by atoms with van der Waals surface area (Å²) in [7, 11) is 3.35. The van der Waals surface area contributed by atoms with E-state index in [9.17, 15) is 9.59 Å². The monoisotopic (exact) mass is 292 g/mol. The molecule has 1 fully saturated rings. The number of hydrogen-bond acceptors (Lipinski definition) is 4. The maximum Gasteiger partial charge on any atom is 0.259 e. The highest BCUT2D eigenvalue weighted by Crippen LogP contribution is 2.18. The Morgan fingerprint density at radius 3 is 2.62 bits per heavy atom. The zero-order valence-corrected chi connectivity index (χ0v) is 12.3. The number of nitrogens with one attached hydrogen (secondary N) is 1. The molecule has 1 aromatic rings. The van der Waals surface area contributed by atoms with Crippen LogP contribution in [0.4, 0.5) is 5.69 Å². The van der Waals surface area contributed by atoms with Crippen molar-refractivity contribution in [1.82, 2.24) is 4.90 Å². The molecule has 6 nitrogen and oxygen atoms in total. The third kappa shape index (κ3) is 4.46. The van der Waals surface area contributed by atoms with Gasteiger partial charge in [0.2, 0.25) is 0 Å². The molecule has 1 atom stereocenters. The van der Waals surface area contributed by atoms with Gasteiger partial charge in [-0.25, -0.2) is 0 Å². The molecule has 21 heavy (non-hydrogen) atoms. The number of carbonyl (C=O) groups is 2. The Morgan fingerprint density at radius 2 is 2.05 bits per heavy atom. The zero-order valence-electron chi connectivity index (χ0n) is 12.3. The standard InChI is InChI=1S/C15H20N2O4/c1-17(2)14(18)10-21-12-7-5-11(6-8-12)16-15(19)13-4-3-9-20-13/h5-8,13H,3-4,9-10H2,1-2H3,(H,16,19)/t13-/m0/s1. The third-order valence-corrected chi connectivity index (χ3v) is 3.21. The highest BCUT2D eigenvalue weighted by molar-refractivity contribution is 5.94. The van der Waals surface area contributed by atoms with Crippen LogP contribution in [-0.2, 0) is 14.3 Å². The molecule has 1 aromatic carbocycles. The van der Waals surface area contributed by atoms with Crippen LogP contribution in [-0.4, -0.2) is 50.1 Å². The SMILES string of the molecule is CN(C)C(=O)COc1ccc(NC(=O)[C@@H]2CCCO2)cc1. The lowest BCUT2D eigenvalue weighted by Gasteiger charge is -2.12. The van der Waals surface area contributed by atoms with Crippen molar-refractivity contribution >= 4 is 17.5 Å². The van der Waals surface area contributed by atoms with Gasteiger partial charge in [-0.05, 0) is 37.1 Å². The number of hydrogen-bond donors (Lipinski definition) is 1. The van der Waals surface area contributed by atoms with Crippen LogP contribution in [0.25, 0.3) is 0 Å². The number of nitrogens with zero attached hydrogens (tertiary/aromatic N) is 1. The molecular formula is C15H20N2O4. The largest absolute Gasteiger partial charge is 0.484 e. The average Bonchev–Trinajstić information content (AvgIpc) is 3.00. The molecule has 1 N–H and O–H groups in total. The van der Waals surface area contributed by atoms with Gasteiger partial charge in [-0.15, -0.1) is 0 Å². The average molecular weight is 292 g/mol. The fourth-order valence-corrected chi connectivity index (χ4v) is 1.92. The van der Waals surface area contributed by atoms with E-state index in [-0.39, 0.29) is 24.5 Å². The van der Waals surface area contributed by atoms with Gasteiger partial charge in [0.05, 0.1) is 0 Å². The Kier molecular flexibility index (Phi) is 5.16. The Labute approximate surface area is 124 Å². The van der Waals surface area contributed by atoms with Crippen molar-refractivity contribution in [1.29, 1.82) is 0 Å². The van der Waals surface area contributed by atoms with Crippen LogP contribution in [0.5, 0.6) is 5.75 Å². The van der Waals surface area contributed by atoms with Crippen LogP contribution in [0.3, 0.4) is 0 Å². The van der Waals surface area contributed by atoms with Crippen LogP contribution in [0, 0.1) is 0 Å². The minimum absolute atomic E-state index is 0.00534. The molecular weight excluding hydrogens is 272 g/mol. The number of amides is 2. The smallest absolute Gasteiger partial charge is 0.259 e. The second-order valence-electron chi connectivity index (χ2n) is 5.09. The van der Waals surface area contributed by atoms with Crippen LogP contribution >= 0.6 is 0 Å². The summed E-state index contributed by atoms with van der Waals surface area (Å²) in [6.45, 7) is 0.638. The minimum atomic E-state index is -0.348. The lowest BCUT2D eigenvalue weighted by molar-refractivity contribution is -0.130. The van der Waals surface area contributed by atoms with Gasteiger partial charge >= 0.3 is 0 Å². The fraction of sp³-hybridized carbons (Fsp3) is 0.467. The maximum atomic E-state index is 11.9. The molecule has 0 aliphatic carbocycles. The number of ether oxygens (including phenoxy) is 2. The number of likely N-dealkylation sites (N-methyl/N-ethyl adjacent to an activating group) is 1. The predicted octanol–water partition coefficient (Wildman–Crippen LogP) is 1.27. The Hall–Kier alpha value is -2.08. The molecule has 0 unspecified atom stereocenters. The molecule has 0 bridgehead atoms. The van der Waals surface area contributed by atoms with Crippen LogP contribution in [0.1, 0.15) is 12.8 Å². The second kappa shape index (κ2) is 7.08. The summed E-state index contributed by atoms with van der Waals surface area (Å²) >= 11 is 0. The van der Waals surface area contributed by atoms with E-state index in [0.29, 0.717) is 18.0 Å². The third-order valence-electron chi connectivity index (χ3n) is 3.21. The fourth-order valence-electron chi connectivity index (χ4n) is 1.92. The first-order valence-electron chi connectivity index (χ1n) is 6.92. The topological polar surface area (TPSA) is 67.9 Å². The maximum absolute atomic E-state index is 11.9. The van der Waals surface area contributed by atoms with Gasteiger partial charge in [0.15, 0.2) is 6.61 Å². The van der Waals surface area contributed by atoms with E-state index in [2.05, 4.69) is 5.32 Å². The van der Waals surface area contributed by atoms with Crippen molar-refractivity contribution in [2.24, 2.45) is 0 Å². The van der Waals surface area contributed by atoms with E-state index in [4.69, 9.17) is 9.47 Å². The summed E-state index contributed by atoms with van der Waals surface area (Å²) in [5.74, 6) is 0.357. The van der Waals surface area contributed by atoms with Gasteiger partial charge in [0.1, 0.15) is 11.9 Å². The molecule has 1 heterocycles. The van der Waals surface area contributed by atoms with Crippen molar-refractivity contribution in [2.45, 2.75) is 18.9 Å². The molecule has 1 aliphatic rings. The molecule has 1 aliphatic heterocycles. The Morgan fingerprint density at radius 1 is 1.33 bits per heavy atom. The molecule has 0 saturated carbocycles. The summed E-state index contributed by atoms with van der Waals surface area (Å²) in [5.41, 5.74) is 0.682. The normalized spacial score (nSPS) is 17.3. The van der Waals surface area contributed by atoms with E-state index in [1.165, 1.54) is 4.90 Å². The molecule has 0 aromatic heterocycles. The second-order valence-corrected chi connectivity index (χ2v) is 5.09. The van der Waals surface area contributed by atoms with Crippen LogP contribution in [0.15, 0.2) is 24.3 Å². The van der Waals surface area contributed by atoms with Crippen molar-refractivity contribution in [2.75, 3.05) is 32.6 Å². The highest BCUT2D eigenvalue weighted by Gasteiger charge is 2.23. The molecule has 114 valence electrons. The summed E-state index contributed by atoms with van der Waals surface area (Å²) in [6.07, 6.45) is 1.34. The summed E-state index contributed by atoms with van der Waals surface area (Å²) < 4.78 is 10.7. The Bertz CT molecular complexity index is 493. The van der Waals surface area contributed by atoms with E-state index in [1.807, 2.05) is 0 Å². The molecule has 2 rings (SSSR count). The van der Waals surface area contributed by atoms with Crippen molar-refractivity contribution in [3.63, 3.8) is 0 Å². The van der Waals surface area contributed by atoms with Gasteiger partial charge in [0, 0.05) is 26.4 Å². The van der Waals surface area contributed by atoms with Crippen molar-refractivity contribution in [3.05, 3.63) is 24.3 Å². The molecule has 6 heteroatoms. The number of carbonyl (C=O) groups excluding carboxylic acids is 2. The zero-order chi connectivity index (χ0) is 15.2. The number of benzene rings is 1. The van der Waals surface area contributed by atoms with Gasteiger partial charge in [-0.2, -0.15) is 0 Å². The van der Waals surface area contributed by atoms with Crippen molar-refractivity contribution < 1.29 is 19.1 Å². The quantitative estimate of drug-likeness (QED) is 0.887. The summed E-state index contributed by atoms with van der Waals surface area (Å²) in [6, 6.07) is 6.91. The van der Waals surface area contributed by atoms with E-state index < -0.39 is 0 Å².